The molecule has 0 aromatic carbocycles. The smallest absolute Gasteiger partial charge is 0.271 e. The Morgan fingerprint density at radius 3 is 2.22 bits per heavy atom. The number of aliphatic hydroxyl groups excluding tert-OH is 1. The number of hydrogen-bond donors (Lipinski definition) is 2. The second-order valence-corrected chi connectivity index (χ2v) is 2.81. The van der Waals surface area contributed by atoms with Crippen molar-refractivity contribution in [1.82, 2.24) is 0 Å². The molecule has 0 bridgehead atoms. The molecule has 0 aliphatic carbocycles. The lowest BCUT2D eigenvalue weighted by molar-refractivity contribution is 0.216. The standard InChI is InChI=1S/C4H8O4S/c1-2-4(5)3-9(6,7)8/h3-5H,1-2H2,(H,6,7,8). The Kier molecular flexibility index (Phi) is 3.10. The van der Waals surface area contributed by atoms with Gasteiger partial charge in [-0.1, -0.05) is 6.92 Å². The Hall–Kier alpha value is -0.130. The molecule has 0 aromatic heterocycles. The predicted molar refractivity (Wildman–Crippen MR) is 31.8 cm³/mol. The van der Waals surface area contributed by atoms with Crippen LogP contribution in [0.1, 0.15) is 6.42 Å². The van der Waals surface area contributed by atoms with Gasteiger partial charge in [-0.05, 0) is 6.42 Å². The van der Waals surface area contributed by atoms with E-state index >= 15 is 0 Å². The van der Waals surface area contributed by atoms with Gasteiger partial charge in [0.15, 0.2) is 0 Å². The molecule has 0 amide bonds. The van der Waals surface area contributed by atoms with Crippen LogP contribution in [0, 0.1) is 12.7 Å². The van der Waals surface area contributed by atoms with E-state index in [0.29, 0.717) is 5.75 Å². The van der Waals surface area contributed by atoms with Crippen molar-refractivity contribution in [2.24, 2.45) is 0 Å². The summed E-state index contributed by atoms with van der Waals surface area (Å²) in [7, 11) is -4.15. The summed E-state index contributed by atoms with van der Waals surface area (Å²) in [4.78, 5) is 0. The third-order valence-electron chi connectivity index (χ3n) is 0.625. The molecule has 0 heterocycles. The quantitative estimate of drug-likeness (QED) is 0.540. The Morgan fingerprint density at radius 2 is 2.11 bits per heavy atom. The summed E-state index contributed by atoms with van der Waals surface area (Å²) in [6, 6.07) is 0. The van der Waals surface area contributed by atoms with Crippen LogP contribution < -0.4 is 0 Å². The molecule has 5 heteroatoms. The van der Waals surface area contributed by atoms with E-state index in [0.717, 1.165) is 0 Å². The molecule has 0 rings (SSSR count). The number of rotatable bonds is 3. The van der Waals surface area contributed by atoms with Crippen LogP contribution in [0.2, 0.25) is 0 Å². The van der Waals surface area contributed by atoms with E-state index in [1.807, 2.05) is 0 Å². The van der Waals surface area contributed by atoms with E-state index in [-0.39, 0.29) is 6.42 Å². The van der Waals surface area contributed by atoms with Crippen LogP contribution in [0.4, 0.5) is 0 Å². The second-order valence-electron chi connectivity index (χ2n) is 1.51. The molecule has 0 aliphatic rings. The molecule has 2 radical (unpaired) electrons. The molecule has 1 unspecified atom stereocenters. The fourth-order valence-corrected chi connectivity index (χ4v) is 0.800. The molecule has 0 aliphatic heterocycles. The second kappa shape index (κ2) is 3.14. The van der Waals surface area contributed by atoms with Gasteiger partial charge in [-0.3, -0.25) is 4.55 Å². The lowest BCUT2D eigenvalue weighted by Crippen LogP contribution is -2.12. The highest BCUT2D eigenvalue weighted by Gasteiger charge is 2.11. The monoisotopic (exact) mass is 152 g/mol. The molecule has 0 spiro atoms. The van der Waals surface area contributed by atoms with Gasteiger partial charge in [-0.15, -0.1) is 0 Å². The van der Waals surface area contributed by atoms with Gasteiger partial charge < -0.3 is 5.11 Å². The molecule has 54 valence electrons. The molecule has 0 saturated heterocycles. The fourth-order valence-electron chi connectivity index (χ4n) is 0.267. The Bertz CT molecular complexity index is 159. The highest BCUT2D eigenvalue weighted by Crippen LogP contribution is 1.99. The van der Waals surface area contributed by atoms with E-state index in [4.69, 9.17) is 9.66 Å². The summed E-state index contributed by atoms with van der Waals surface area (Å²) in [6.45, 7) is 3.21. The molecule has 1 atom stereocenters. The Morgan fingerprint density at radius 1 is 1.67 bits per heavy atom. The predicted octanol–water partition coefficient (Wildman–Crippen LogP) is -0.379. The van der Waals surface area contributed by atoms with Crippen molar-refractivity contribution in [3.05, 3.63) is 12.7 Å². The van der Waals surface area contributed by atoms with Crippen LogP contribution in [0.15, 0.2) is 0 Å². The zero-order valence-corrected chi connectivity index (χ0v) is 5.50. The normalized spacial score (nSPS) is 15.4. The molecule has 4 nitrogen and oxygen atoms in total. The summed E-state index contributed by atoms with van der Waals surface area (Å²) in [6.07, 6.45) is -1.15. The summed E-state index contributed by atoms with van der Waals surface area (Å²) in [5, 5.41) is 8.54. The first-order valence-electron chi connectivity index (χ1n) is 2.25. The molecule has 0 aromatic rings. The van der Waals surface area contributed by atoms with Crippen molar-refractivity contribution in [2.45, 2.75) is 12.5 Å². The van der Waals surface area contributed by atoms with Gasteiger partial charge in [0.1, 0.15) is 5.75 Å². The van der Waals surface area contributed by atoms with Crippen LogP contribution in [-0.4, -0.2) is 24.2 Å². The van der Waals surface area contributed by atoms with Gasteiger partial charge in [0, 0.05) is 0 Å². The molecule has 0 saturated carbocycles. The summed E-state index contributed by atoms with van der Waals surface area (Å²) in [5.41, 5.74) is 0. The van der Waals surface area contributed by atoms with Crippen LogP contribution >= 0.6 is 0 Å². The number of hydrogen-bond acceptors (Lipinski definition) is 3. The minimum atomic E-state index is -4.15. The zero-order chi connectivity index (χ0) is 7.49. The van der Waals surface area contributed by atoms with E-state index in [1.54, 1.807) is 0 Å². The average molecular weight is 152 g/mol. The molecule has 2 N–H and O–H groups in total. The minimum absolute atomic E-state index is 0.0276. The SMILES string of the molecule is [CH2]CC(O)[CH]S(=O)(=O)O. The molecular weight excluding hydrogens is 144 g/mol. The van der Waals surface area contributed by atoms with E-state index in [9.17, 15) is 8.42 Å². The molecule has 0 fully saturated rings. The maximum absolute atomic E-state index is 9.91. The highest BCUT2D eigenvalue weighted by atomic mass is 32.2. The van der Waals surface area contributed by atoms with Gasteiger partial charge in [-0.25, -0.2) is 0 Å². The van der Waals surface area contributed by atoms with Gasteiger partial charge in [-0.2, -0.15) is 8.42 Å². The van der Waals surface area contributed by atoms with Crippen LogP contribution in [0.25, 0.3) is 0 Å². The van der Waals surface area contributed by atoms with Crippen LogP contribution in [0.5, 0.6) is 0 Å². The van der Waals surface area contributed by atoms with Gasteiger partial charge >= 0.3 is 0 Å². The lowest BCUT2D eigenvalue weighted by Gasteiger charge is -2.01. The van der Waals surface area contributed by atoms with Crippen molar-refractivity contribution in [1.29, 1.82) is 0 Å². The van der Waals surface area contributed by atoms with Crippen molar-refractivity contribution in [3.63, 3.8) is 0 Å². The van der Waals surface area contributed by atoms with Crippen molar-refractivity contribution in [3.8, 4) is 0 Å². The van der Waals surface area contributed by atoms with E-state index in [1.165, 1.54) is 0 Å². The maximum atomic E-state index is 9.91. The minimum Gasteiger partial charge on any atom is -0.392 e. The largest absolute Gasteiger partial charge is 0.392 e. The first-order valence-corrected chi connectivity index (χ1v) is 3.75. The average Bonchev–Trinajstić information content (AvgIpc) is 1.62. The Balaban J connectivity index is 3.75. The van der Waals surface area contributed by atoms with Crippen molar-refractivity contribution >= 4 is 10.1 Å². The van der Waals surface area contributed by atoms with Gasteiger partial charge in [0.2, 0.25) is 0 Å². The van der Waals surface area contributed by atoms with Gasteiger partial charge in [0.05, 0.1) is 6.10 Å². The van der Waals surface area contributed by atoms with E-state index < -0.39 is 16.2 Å². The summed E-state index contributed by atoms with van der Waals surface area (Å²) < 4.78 is 27.9. The maximum Gasteiger partial charge on any atom is 0.271 e. The fraction of sp³-hybridized carbons (Fsp3) is 0.500. The van der Waals surface area contributed by atoms with Crippen molar-refractivity contribution < 1.29 is 18.1 Å². The van der Waals surface area contributed by atoms with Crippen LogP contribution in [-0.2, 0) is 10.1 Å². The topological polar surface area (TPSA) is 74.6 Å². The summed E-state index contributed by atoms with van der Waals surface area (Å²) >= 11 is 0. The molecular formula is C4H8O4S. The zero-order valence-electron chi connectivity index (χ0n) is 4.69. The first kappa shape index (κ1) is 8.87. The third-order valence-corrected chi connectivity index (χ3v) is 1.28. The molecule has 9 heavy (non-hydrogen) atoms. The summed E-state index contributed by atoms with van der Waals surface area (Å²) in [5.74, 6) is 0.431. The lowest BCUT2D eigenvalue weighted by atomic mass is 10.3. The number of aliphatic hydroxyl groups is 1. The third kappa shape index (κ3) is 5.75. The Labute approximate surface area is 54.3 Å². The van der Waals surface area contributed by atoms with Gasteiger partial charge in [0.25, 0.3) is 10.1 Å². The highest BCUT2D eigenvalue weighted by molar-refractivity contribution is 7.87. The first-order chi connectivity index (χ1) is 3.95. The van der Waals surface area contributed by atoms with Crippen molar-refractivity contribution in [2.75, 3.05) is 0 Å². The van der Waals surface area contributed by atoms with E-state index in [2.05, 4.69) is 6.92 Å². The van der Waals surface area contributed by atoms with Crippen LogP contribution in [0.3, 0.4) is 0 Å².